The monoisotopic (exact) mass is 320 g/mol. The van der Waals surface area contributed by atoms with Crippen LogP contribution < -0.4 is 0 Å². The van der Waals surface area contributed by atoms with Crippen LogP contribution in [0.4, 0.5) is 0 Å². The first-order chi connectivity index (χ1) is 10.8. The van der Waals surface area contributed by atoms with E-state index in [1.165, 1.54) is 6.42 Å². The van der Waals surface area contributed by atoms with Gasteiger partial charge in [0.15, 0.2) is 0 Å². The van der Waals surface area contributed by atoms with E-state index in [2.05, 4.69) is 20.8 Å². The van der Waals surface area contributed by atoms with Gasteiger partial charge in [-0.05, 0) is 73.0 Å². The lowest BCUT2D eigenvalue weighted by Crippen LogP contribution is -2.55. The standard InChI is InChI=1S/C20H32O3/c1-11-10-20(3)12(8-16(11)21)4-5-13-14(20)6-7-19(2)15(13)9-17(22)18(19)23/h11-15,17-18,22-23H,4-10H2,1-3H3/t11-,12+,13-,14+,15+,17+,18+,19+,20+/m1/s1. The highest BCUT2D eigenvalue weighted by Crippen LogP contribution is 2.66. The lowest BCUT2D eigenvalue weighted by molar-refractivity contribution is -0.149. The summed E-state index contributed by atoms with van der Waals surface area (Å²) in [6.07, 6.45) is 6.05. The van der Waals surface area contributed by atoms with Crippen LogP contribution in [0, 0.1) is 40.4 Å². The molecule has 4 saturated carbocycles. The average Bonchev–Trinajstić information content (AvgIpc) is 2.73. The molecule has 0 aliphatic heterocycles. The molecule has 0 unspecified atom stereocenters. The number of hydrogen-bond acceptors (Lipinski definition) is 3. The number of Topliss-reactive ketones (excluding diaryl/α,β-unsaturated/α-hetero) is 1. The molecule has 4 fully saturated rings. The Labute approximate surface area is 139 Å². The van der Waals surface area contributed by atoms with Gasteiger partial charge in [-0.1, -0.05) is 20.8 Å². The fourth-order valence-corrected chi connectivity index (χ4v) is 7.39. The Morgan fingerprint density at radius 3 is 2.52 bits per heavy atom. The molecule has 130 valence electrons. The third-order valence-corrected chi connectivity index (χ3v) is 8.78. The molecule has 0 radical (unpaired) electrons. The fourth-order valence-electron chi connectivity index (χ4n) is 7.39. The van der Waals surface area contributed by atoms with Gasteiger partial charge in [-0.25, -0.2) is 0 Å². The molecule has 3 nitrogen and oxygen atoms in total. The summed E-state index contributed by atoms with van der Waals surface area (Å²) in [4.78, 5) is 12.2. The Morgan fingerprint density at radius 2 is 1.78 bits per heavy atom. The van der Waals surface area contributed by atoms with E-state index in [0.29, 0.717) is 29.5 Å². The summed E-state index contributed by atoms with van der Waals surface area (Å²) in [5.41, 5.74) is 0.190. The second-order valence-corrected chi connectivity index (χ2v) is 9.72. The van der Waals surface area contributed by atoms with Crippen molar-refractivity contribution in [1.29, 1.82) is 0 Å². The van der Waals surface area contributed by atoms with E-state index < -0.39 is 12.2 Å². The Bertz CT molecular complexity index is 517. The second-order valence-electron chi connectivity index (χ2n) is 9.72. The normalized spacial score (nSPS) is 59.2. The van der Waals surface area contributed by atoms with Gasteiger partial charge in [0.2, 0.25) is 0 Å². The summed E-state index contributed by atoms with van der Waals surface area (Å²) in [5, 5.41) is 20.8. The molecule has 0 heterocycles. The van der Waals surface area contributed by atoms with Crippen molar-refractivity contribution in [3.63, 3.8) is 0 Å². The molecule has 0 aromatic rings. The summed E-state index contributed by atoms with van der Waals surface area (Å²) < 4.78 is 0. The van der Waals surface area contributed by atoms with Crippen LogP contribution in [0.1, 0.15) is 65.7 Å². The number of fused-ring (bicyclic) bond motifs is 5. The van der Waals surface area contributed by atoms with Gasteiger partial charge >= 0.3 is 0 Å². The van der Waals surface area contributed by atoms with Crippen molar-refractivity contribution >= 4 is 5.78 Å². The van der Waals surface area contributed by atoms with Crippen LogP contribution in [0.25, 0.3) is 0 Å². The average molecular weight is 320 g/mol. The second kappa shape index (κ2) is 5.05. The molecule has 0 aromatic heterocycles. The fraction of sp³-hybridized carbons (Fsp3) is 0.950. The summed E-state index contributed by atoms with van der Waals surface area (Å²) in [6, 6.07) is 0. The van der Waals surface area contributed by atoms with Crippen molar-refractivity contribution in [1.82, 2.24) is 0 Å². The lowest BCUT2D eigenvalue weighted by atomic mass is 9.44. The molecule has 0 saturated heterocycles. The van der Waals surface area contributed by atoms with Crippen molar-refractivity contribution in [2.45, 2.75) is 77.9 Å². The first-order valence-corrected chi connectivity index (χ1v) is 9.66. The van der Waals surface area contributed by atoms with E-state index >= 15 is 0 Å². The minimum absolute atomic E-state index is 0.0973. The zero-order valence-corrected chi connectivity index (χ0v) is 14.8. The molecule has 4 rings (SSSR count). The van der Waals surface area contributed by atoms with Crippen molar-refractivity contribution in [3.05, 3.63) is 0 Å². The van der Waals surface area contributed by atoms with E-state index in [1.54, 1.807) is 0 Å². The highest BCUT2D eigenvalue weighted by atomic mass is 16.3. The van der Waals surface area contributed by atoms with E-state index in [9.17, 15) is 15.0 Å². The molecular formula is C20H32O3. The number of rotatable bonds is 0. The predicted molar refractivity (Wildman–Crippen MR) is 88.7 cm³/mol. The van der Waals surface area contributed by atoms with Crippen LogP contribution in [-0.2, 0) is 4.79 Å². The molecule has 0 spiro atoms. The predicted octanol–water partition coefficient (Wildman–Crippen LogP) is 3.18. The third-order valence-electron chi connectivity index (χ3n) is 8.78. The van der Waals surface area contributed by atoms with Crippen molar-refractivity contribution in [2.24, 2.45) is 40.4 Å². The summed E-state index contributed by atoms with van der Waals surface area (Å²) in [5.74, 6) is 3.00. The van der Waals surface area contributed by atoms with Gasteiger partial charge in [-0.3, -0.25) is 4.79 Å². The molecule has 4 aliphatic rings. The third kappa shape index (κ3) is 2.05. The lowest BCUT2D eigenvalue weighted by Gasteiger charge is -2.60. The van der Waals surface area contributed by atoms with Crippen LogP contribution in [0.2, 0.25) is 0 Å². The van der Waals surface area contributed by atoms with E-state index in [1.807, 2.05) is 0 Å². The van der Waals surface area contributed by atoms with Gasteiger partial charge in [0.1, 0.15) is 5.78 Å². The van der Waals surface area contributed by atoms with Crippen LogP contribution in [0.15, 0.2) is 0 Å². The smallest absolute Gasteiger partial charge is 0.136 e. The summed E-state index contributed by atoms with van der Waals surface area (Å²) >= 11 is 0. The Balaban J connectivity index is 1.65. The minimum Gasteiger partial charge on any atom is -0.390 e. The largest absolute Gasteiger partial charge is 0.390 e. The number of carbonyl (C=O) groups excluding carboxylic acids is 1. The first-order valence-electron chi connectivity index (χ1n) is 9.66. The maximum atomic E-state index is 12.2. The maximum Gasteiger partial charge on any atom is 0.136 e. The molecule has 9 atom stereocenters. The Morgan fingerprint density at radius 1 is 1.04 bits per heavy atom. The molecule has 0 aromatic carbocycles. The summed E-state index contributed by atoms with van der Waals surface area (Å²) in [7, 11) is 0. The van der Waals surface area contributed by atoms with Crippen LogP contribution in [0.5, 0.6) is 0 Å². The quantitative estimate of drug-likeness (QED) is 0.721. The van der Waals surface area contributed by atoms with Crippen molar-refractivity contribution in [2.75, 3.05) is 0 Å². The van der Waals surface area contributed by atoms with Gasteiger partial charge in [0, 0.05) is 12.3 Å². The number of aliphatic hydroxyl groups excluding tert-OH is 2. The highest BCUT2D eigenvalue weighted by molar-refractivity contribution is 5.82. The molecule has 23 heavy (non-hydrogen) atoms. The summed E-state index contributed by atoms with van der Waals surface area (Å²) in [6.45, 7) is 6.77. The molecular weight excluding hydrogens is 288 g/mol. The molecule has 2 N–H and O–H groups in total. The Hall–Kier alpha value is -0.410. The topological polar surface area (TPSA) is 57.5 Å². The van der Waals surface area contributed by atoms with Gasteiger partial charge in [-0.2, -0.15) is 0 Å². The van der Waals surface area contributed by atoms with Crippen LogP contribution in [0.3, 0.4) is 0 Å². The van der Waals surface area contributed by atoms with Gasteiger partial charge in [-0.15, -0.1) is 0 Å². The van der Waals surface area contributed by atoms with Crippen LogP contribution >= 0.6 is 0 Å². The minimum atomic E-state index is -0.550. The van der Waals surface area contributed by atoms with Crippen molar-refractivity contribution in [3.8, 4) is 0 Å². The SMILES string of the molecule is C[C@@H]1C[C@@]2(C)[C@@H](CC[C@@H]3[C@@H]2CC[C@]2(C)[C@@H](O)[C@@H](O)C[C@@H]32)CC1=O. The number of aliphatic hydroxyl groups is 2. The van der Waals surface area contributed by atoms with Crippen LogP contribution in [-0.4, -0.2) is 28.2 Å². The maximum absolute atomic E-state index is 12.2. The van der Waals surface area contributed by atoms with E-state index in [4.69, 9.17) is 0 Å². The highest BCUT2D eigenvalue weighted by Gasteiger charge is 2.62. The Kier molecular flexibility index (Phi) is 3.53. The molecule has 4 aliphatic carbocycles. The number of hydrogen-bond donors (Lipinski definition) is 2. The van der Waals surface area contributed by atoms with E-state index in [0.717, 1.165) is 38.5 Å². The zero-order chi connectivity index (χ0) is 16.6. The molecule has 0 amide bonds. The molecule has 0 bridgehead atoms. The van der Waals surface area contributed by atoms with Gasteiger partial charge < -0.3 is 10.2 Å². The molecule has 3 heteroatoms. The number of carbonyl (C=O) groups is 1. The number of ketones is 1. The van der Waals surface area contributed by atoms with E-state index in [-0.39, 0.29) is 16.7 Å². The van der Waals surface area contributed by atoms with Gasteiger partial charge in [0.05, 0.1) is 12.2 Å². The van der Waals surface area contributed by atoms with Gasteiger partial charge in [0.25, 0.3) is 0 Å². The first kappa shape index (κ1) is 16.1. The zero-order valence-electron chi connectivity index (χ0n) is 14.8. The van der Waals surface area contributed by atoms with Crippen molar-refractivity contribution < 1.29 is 15.0 Å².